The van der Waals surface area contributed by atoms with E-state index in [-0.39, 0.29) is 5.91 Å². The first kappa shape index (κ1) is 13.4. The highest BCUT2D eigenvalue weighted by Gasteiger charge is 2.05. The number of carbonyl (C=O) groups is 1. The summed E-state index contributed by atoms with van der Waals surface area (Å²) in [6, 6.07) is 10.1. The van der Waals surface area contributed by atoms with Crippen LogP contribution in [0.4, 0.5) is 0 Å². The molecule has 0 aromatic heterocycles. The normalized spacial score (nSPS) is 10.4. The van der Waals surface area contributed by atoms with Crippen LogP contribution in [0.3, 0.4) is 0 Å². The average molecular weight is 248 g/mol. The summed E-state index contributed by atoms with van der Waals surface area (Å²) in [6.07, 6.45) is 3.59. The molecule has 0 heterocycles. The Hall–Kier alpha value is -1.68. The van der Waals surface area contributed by atoms with Crippen LogP contribution in [0.15, 0.2) is 54.2 Å². The highest BCUT2D eigenvalue weighted by Crippen LogP contribution is 2.15. The van der Waals surface area contributed by atoms with Gasteiger partial charge in [0.25, 0.3) is 5.91 Å². The minimum atomic E-state index is -0.204. The summed E-state index contributed by atoms with van der Waals surface area (Å²) in [5.41, 5.74) is 6.38. The van der Waals surface area contributed by atoms with E-state index in [1.807, 2.05) is 18.2 Å². The zero-order valence-corrected chi connectivity index (χ0v) is 10.4. The first-order valence-corrected chi connectivity index (χ1v) is 6.26. The Labute approximate surface area is 106 Å². The van der Waals surface area contributed by atoms with E-state index in [4.69, 9.17) is 5.73 Å². The molecule has 0 fully saturated rings. The molecule has 0 unspecified atom stereocenters. The van der Waals surface area contributed by atoms with Crippen LogP contribution >= 0.6 is 11.8 Å². The molecule has 0 spiro atoms. The van der Waals surface area contributed by atoms with Crippen molar-refractivity contribution < 1.29 is 4.79 Å². The Morgan fingerprint density at radius 2 is 2.12 bits per heavy atom. The van der Waals surface area contributed by atoms with E-state index in [9.17, 15) is 4.79 Å². The molecule has 0 atom stereocenters. The number of benzene rings is 1. The van der Waals surface area contributed by atoms with Crippen molar-refractivity contribution in [3.05, 3.63) is 59.8 Å². The predicted molar refractivity (Wildman–Crippen MR) is 73.2 cm³/mol. The molecule has 3 nitrogen and oxygen atoms in total. The molecular formula is C13H16N2OS. The fourth-order valence-corrected chi connectivity index (χ4v) is 1.98. The zero-order valence-electron chi connectivity index (χ0n) is 9.56. The van der Waals surface area contributed by atoms with E-state index in [0.717, 1.165) is 12.2 Å². The number of hydrogen-bond acceptors (Lipinski definition) is 3. The van der Waals surface area contributed by atoms with Crippen molar-refractivity contribution in [2.45, 2.75) is 6.42 Å². The second-order valence-electron chi connectivity index (χ2n) is 3.34. The molecule has 0 aliphatic rings. The smallest absolute Gasteiger partial charge is 0.261 e. The summed E-state index contributed by atoms with van der Waals surface area (Å²) in [4.78, 5) is 11.9. The maximum absolute atomic E-state index is 11.4. The highest BCUT2D eigenvalue weighted by molar-refractivity contribution is 8.03. The summed E-state index contributed by atoms with van der Waals surface area (Å²) < 4.78 is 0. The Morgan fingerprint density at radius 3 is 2.76 bits per heavy atom. The Kier molecular flexibility index (Phi) is 5.96. The van der Waals surface area contributed by atoms with Gasteiger partial charge in [-0.25, -0.2) is 0 Å². The molecule has 0 aliphatic carbocycles. The molecule has 3 N–H and O–H groups in total. The fourth-order valence-electron chi connectivity index (χ4n) is 1.21. The van der Waals surface area contributed by atoms with Gasteiger partial charge < -0.3 is 11.1 Å². The number of thioether (sulfide) groups is 1. The maximum atomic E-state index is 11.4. The molecule has 0 saturated carbocycles. The Balaban J connectivity index is 2.27. The number of amides is 1. The summed E-state index contributed by atoms with van der Waals surface area (Å²) in [7, 11) is 0. The molecule has 4 heteroatoms. The van der Waals surface area contributed by atoms with E-state index < -0.39 is 0 Å². The van der Waals surface area contributed by atoms with Crippen molar-refractivity contribution in [1.29, 1.82) is 0 Å². The second-order valence-corrected chi connectivity index (χ2v) is 4.53. The first-order chi connectivity index (χ1) is 8.24. The largest absolute Gasteiger partial charge is 0.403 e. The first-order valence-electron chi connectivity index (χ1n) is 5.27. The van der Waals surface area contributed by atoms with Crippen molar-refractivity contribution in [2.24, 2.45) is 5.73 Å². The summed E-state index contributed by atoms with van der Waals surface area (Å²) in [5, 5.41) is 2.52. The number of rotatable bonds is 6. The summed E-state index contributed by atoms with van der Waals surface area (Å²) >= 11 is 1.45. The number of nitrogens with one attached hydrogen (secondary N) is 1. The van der Waals surface area contributed by atoms with E-state index in [2.05, 4.69) is 24.0 Å². The minimum absolute atomic E-state index is 0.204. The molecule has 1 rings (SSSR count). The third-order valence-electron chi connectivity index (χ3n) is 2.07. The number of hydrogen-bond donors (Lipinski definition) is 2. The lowest BCUT2D eigenvalue weighted by atomic mass is 10.2. The van der Waals surface area contributed by atoms with Gasteiger partial charge >= 0.3 is 0 Å². The zero-order chi connectivity index (χ0) is 12.5. The van der Waals surface area contributed by atoms with E-state index in [1.54, 1.807) is 0 Å². The van der Waals surface area contributed by atoms with Gasteiger partial charge in [0.2, 0.25) is 0 Å². The monoisotopic (exact) mass is 248 g/mol. The van der Waals surface area contributed by atoms with Gasteiger partial charge in [-0.1, -0.05) is 36.9 Å². The molecule has 0 aliphatic heterocycles. The van der Waals surface area contributed by atoms with Gasteiger partial charge in [-0.3, -0.25) is 4.79 Å². The summed E-state index contributed by atoms with van der Waals surface area (Å²) in [6.45, 7) is 3.71. The van der Waals surface area contributed by atoms with Crippen LogP contribution in [0.2, 0.25) is 0 Å². The van der Waals surface area contributed by atoms with Gasteiger partial charge in [-0.15, -0.1) is 11.8 Å². The molecule has 90 valence electrons. The third kappa shape index (κ3) is 5.26. The van der Waals surface area contributed by atoms with E-state index in [1.165, 1.54) is 29.7 Å². The lowest BCUT2D eigenvalue weighted by Gasteiger charge is -2.04. The Bertz CT molecular complexity index is 401. The van der Waals surface area contributed by atoms with Crippen LogP contribution in [0.5, 0.6) is 0 Å². The van der Waals surface area contributed by atoms with Gasteiger partial charge in [-0.2, -0.15) is 0 Å². The topological polar surface area (TPSA) is 55.1 Å². The lowest BCUT2D eigenvalue weighted by molar-refractivity contribution is -0.115. The standard InChI is InChI=1S/C13H16N2OS/c1-11(13(16)15-9-8-14)17-10-7-12-5-3-2-4-6-12/h2-6,8-9H,1,7,10,14H2,(H,15,16)/b9-8-. The molecule has 17 heavy (non-hydrogen) atoms. The van der Waals surface area contributed by atoms with E-state index >= 15 is 0 Å². The van der Waals surface area contributed by atoms with Crippen LogP contribution in [0, 0.1) is 0 Å². The molecule has 0 bridgehead atoms. The van der Waals surface area contributed by atoms with Crippen molar-refractivity contribution in [1.82, 2.24) is 5.32 Å². The Morgan fingerprint density at radius 1 is 1.41 bits per heavy atom. The van der Waals surface area contributed by atoms with Gasteiger partial charge in [0, 0.05) is 18.2 Å². The molecule has 1 amide bonds. The predicted octanol–water partition coefficient (Wildman–Crippen LogP) is 2.02. The SMILES string of the molecule is C=C(SCCc1ccccc1)C(=O)N/C=C\N. The molecule has 0 saturated heterocycles. The van der Waals surface area contributed by atoms with Gasteiger partial charge in [0.15, 0.2) is 0 Å². The summed E-state index contributed by atoms with van der Waals surface area (Å²) in [5.74, 6) is 0.632. The third-order valence-corrected chi connectivity index (χ3v) is 3.02. The van der Waals surface area contributed by atoms with Crippen molar-refractivity contribution in [3.63, 3.8) is 0 Å². The van der Waals surface area contributed by atoms with Gasteiger partial charge in [0.1, 0.15) is 0 Å². The quantitative estimate of drug-likeness (QED) is 0.757. The van der Waals surface area contributed by atoms with Crippen LogP contribution in [0.1, 0.15) is 5.56 Å². The fraction of sp³-hybridized carbons (Fsp3) is 0.154. The average Bonchev–Trinajstić information content (AvgIpc) is 2.37. The molecule has 0 radical (unpaired) electrons. The van der Waals surface area contributed by atoms with Crippen LogP contribution in [-0.4, -0.2) is 11.7 Å². The van der Waals surface area contributed by atoms with Crippen molar-refractivity contribution in [3.8, 4) is 0 Å². The van der Waals surface area contributed by atoms with Crippen LogP contribution in [0.25, 0.3) is 0 Å². The lowest BCUT2D eigenvalue weighted by Crippen LogP contribution is -2.17. The molecular weight excluding hydrogens is 232 g/mol. The van der Waals surface area contributed by atoms with Gasteiger partial charge in [-0.05, 0) is 12.0 Å². The molecule has 1 aromatic carbocycles. The maximum Gasteiger partial charge on any atom is 0.261 e. The van der Waals surface area contributed by atoms with Crippen LogP contribution < -0.4 is 11.1 Å². The van der Waals surface area contributed by atoms with Crippen molar-refractivity contribution in [2.75, 3.05) is 5.75 Å². The highest BCUT2D eigenvalue weighted by atomic mass is 32.2. The van der Waals surface area contributed by atoms with E-state index in [0.29, 0.717) is 4.91 Å². The number of aryl methyl sites for hydroxylation is 1. The van der Waals surface area contributed by atoms with Crippen LogP contribution in [-0.2, 0) is 11.2 Å². The minimum Gasteiger partial charge on any atom is -0.403 e. The number of nitrogens with two attached hydrogens (primary N) is 1. The second kappa shape index (κ2) is 7.57. The van der Waals surface area contributed by atoms with Crippen molar-refractivity contribution >= 4 is 17.7 Å². The molecule has 1 aromatic rings. The number of carbonyl (C=O) groups excluding carboxylic acids is 1. The van der Waals surface area contributed by atoms with Gasteiger partial charge in [0.05, 0.1) is 4.91 Å².